The van der Waals surface area contributed by atoms with E-state index in [1.54, 1.807) is 11.3 Å². The highest BCUT2D eigenvalue weighted by Gasteiger charge is 2.36. The van der Waals surface area contributed by atoms with E-state index in [-0.39, 0.29) is 5.54 Å². The van der Waals surface area contributed by atoms with Crippen molar-refractivity contribution in [1.82, 2.24) is 15.2 Å². The van der Waals surface area contributed by atoms with E-state index in [1.807, 2.05) is 6.20 Å². The minimum Gasteiger partial charge on any atom is -0.309 e. The van der Waals surface area contributed by atoms with Crippen molar-refractivity contribution in [3.05, 3.63) is 52.5 Å². The fourth-order valence-electron chi connectivity index (χ4n) is 3.09. The molecule has 112 valence electrons. The molecule has 1 aromatic heterocycles. The summed E-state index contributed by atoms with van der Waals surface area (Å²) in [7, 11) is 0. The third-order valence-electron chi connectivity index (χ3n) is 4.24. The molecule has 0 aliphatic carbocycles. The topological polar surface area (TPSA) is 28.2 Å². The number of hydrogen-bond donors (Lipinski definition) is 1. The van der Waals surface area contributed by atoms with E-state index in [2.05, 4.69) is 71.7 Å². The summed E-state index contributed by atoms with van der Waals surface area (Å²) in [6.45, 7) is 8.82. The molecule has 0 spiro atoms. The van der Waals surface area contributed by atoms with Crippen molar-refractivity contribution < 1.29 is 0 Å². The molecule has 1 saturated heterocycles. The van der Waals surface area contributed by atoms with Crippen molar-refractivity contribution in [3.8, 4) is 0 Å². The molecule has 1 fully saturated rings. The van der Waals surface area contributed by atoms with Gasteiger partial charge in [-0.15, -0.1) is 11.3 Å². The first-order chi connectivity index (χ1) is 10.1. The van der Waals surface area contributed by atoms with Crippen LogP contribution in [0.3, 0.4) is 0 Å². The number of aromatic nitrogens is 1. The molecule has 2 aromatic rings. The molecule has 2 unspecified atom stereocenters. The summed E-state index contributed by atoms with van der Waals surface area (Å²) in [5.74, 6) is 0. The Morgan fingerprint density at radius 3 is 2.76 bits per heavy atom. The molecule has 3 rings (SSSR count). The number of nitrogens with one attached hydrogen (secondary N) is 1. The molecule has 21 heavy (non-hydrogen) atoms. The van der Waals surface area contributed by atoms with Crippen molar-refractivity contribution in [2.24, 2.45) is 0 Å². The van der Waals surface area contributed by atoms with Gasteiger partial charge in [0.15, 0.2) is 0 Å². The van der Waals surface area contributed by atoms with Gasteiger partial charge in [-0.25, -0.2) is 4.98 Å². The van der Waals surface area contributed by atoms with Crippen LogP contribution in [-0.2, 0) is 0 Å². The Morgan fingerprint density at radius 2 is 2.10 bits per heavy atom. The SMILES string of the molecule is CC(c1nccs1)N1CC(C)(C)NCC1c1ccccc1. The average Bonchev–Trinajstić information content (AvgIpc) is 3.01. The third kappa shape index (κ3) is 3.18. The Hall–Kier alpha value is -1.23. The normalized spacial score (nSPS) is 23.9. The summed E-state index contributed by atoms with van der Waals surface area (Å²) in [6.07, 6.45) is 1.90. The van der Waals surface area contributed by atoms with Gasteiger partial charge in [-0.1, -0.05) is 30.3 Å². The molecule has 0 saturated carbocycles. The fourth-order valence-corrected chi connectivity index (χ4v) is 3.80. The van der Waals surface area contributed by atoms with E-state index in [4.69, 9.17) is 0 Å². The zero-order valence-electron chi connectivity index (χ0n) is 12.9. The Kier molecular flexibility index (Phi) is 4.11. The Labute approximate surface area is 131 Å². The van der Waals surface area contributed by atoms with Crippen LogP contribution in [0.4, 0.5) is 0 Å². The lowest BCUT2D eigenvalue weighted by atomic mass is 9.93. The van der Waals surface area contributed by atoms with Crippen LogP contribution in [-0.4, -0.2) is 28.5 Å². The van der Waals surface area contributed by atoms with Gasteiger partial charge in [0.05, 0.1) is 6.04 Å². The van der Waals surface area contributed by atoms with E-state index < -0.39 is 0 Å². The minimum atomic E-state index is 0.136. The molecule has 1 N–H and O–H groups in total. The largest absolute Gasteiger partial charge is 0.309 e. The van der Waals surface area contributed by atoms with E-state index >= 15 is 0 Å². The van der Waals surface area contributed by atoms with Gasteiger partial charge < -0.3 is 5.32 Å². The number of piperazine rings is 1. The highest BCUT2D eigenvalue weighted by Crippen LogP contribution is 2.35. The van der Waals surface area contributed by atoms with Gasteiger partial charge in [-0.3, -0.25) is 4.90 Å². The molecule has 4 heteroatoms. The minimum absolute atomic E-state index is 0.136. The fraction of sp³-hybridized carbons (Fsp3) is 0.471. The van der Waals surface area contributed by atoms with Crippen molar-refractivity contribution in [2.75, 3.05) is 13.1 Å². The van der Waals surface area contributed by atoms with Gasteiger partial charge in [0.2, 0.25) is 0 Å². The van der Waals surface area contributed by atoms with Gasteiger partial charge in [0.1, 0.15) is 5.01 Å². The van der Waals surface area contributed by atoms with Crippen LogP contribution < -0.4 is 5.32 Å². The highest BCUT2D eigenvalue weighted by atomic mass is 32.1. The van der Waals surface area contributed by atoms with Crippen LogP contribution in [0.5, 0.6) is 0 Å². The third-order valence-corrected chi connectivity index (χ3v) is 5.19. The zero-order valence-corrected chi connectivity index (χ0v) is 13.7. The second-order valence-electron chi connectivity index (χ2n) is 6.41. The maximum absolute atomic E-state index is 4.52. The number of benzene rings is 1. The molecule has 0 amide bonds. The number of hydrogen-bond acceptors (Lipinski definition) is 4. The maximum Gasteiger partial charge on any atom is 0.109 e. The predicted molar refractivity (Wildman–Crippen MR) is 88.5 cm³/mol. The predicted octanol–water partition coefficient (Wildman–Crippen LogP) is 3.63. The van der Waals surface area contributed by atoms with Gasteiger partial charge in [0.25, 0.3) is 0 Å². The van der Waals surface area contributed by atoms with Crippen LogP contribution in [0, 0.1) is 0 Å². The van der Waals surface area contributed by atoms with Crippen LogP contribution in [0.1, 0.15) is 43.4 Å². The lowest BCUT2D eigenvalue weighted by Gasteiger charge is -2.47. The second-order valence-corrected chi connectivity index (χ2v) is 7.34. The summed E-state index contributed by atoms with van der Waals surface area (Å²) < 4.78 is 0. The van der Waals surface area contributed by atoms with Crippen LogP contribution in [0.2, 0.25) is 0 Å². The molecule has 0 bridgehead atoms. The lowest BCUT2D eigenvalue weighted by Crippen LogP contribution is -2.58. The van der Waals surface area contributed by atoms with Crippen molar-refractivity contribution in [1.29, 1.82) is 0 Å². The molecule has 2 atom stereocenters. The van der Waals surface area contributed by atoms with E-state index in [1.165, 1.54) is 10.6 Å². The van der Waals surface area contributed by atoms with Crippen LogP contribution in [0.25, 0.3) is 0 Å². The number of nitrogens with zero attached hydrogens (tertiary/aromatic N) is 2. The number of thiazole rings is 1. The molecular weight excluding hydrogens is 278 g/mol. The maximum atomic E-state index is 4.52. The first-order valence-electron chi connectivity index (χ1n) is 7.52. The smallest absolute Gasteiger partial charge is 0.109 e. The summed E-state index contributed by atoms with van der Waals surface area (Å²) in [6, 6.07) is 11.5. The average molecular weight is 301 g/mol. The quantitative estimate of drug-likeness (QED) is 0.938. The Balaban J connectivity index is 1.91. The van der Waals surface area contributed by atoms with E-state index in [0.29, 0.717) is 12.1 Å². The molecule has 1 aliphatic rings. The Bertz CT molecular complexity index is 565. The first kappa shape index (κ1) is 14.7. The van der Waals surface area contributed by atoms with Gasteiger partial charge in [-0.2, -0.15) is 0 Å². The van der Waals surface area contributed by atoms with Gasteiger partial charge in [0, 0.05) is 36.2 Å². The molecule has 1 aromatic carbocycles. The van der Waals surface area contributed by atoms with Crippen LogP contribution in [0.15, 0.2) is 41.9 Å². The van der Waals surface area contributed by atoms with Gasteiger partial charge >= 0.3 is 0 Å². The second kappa shape index (κ2) is 5.87. The molecule has 2 heterocycles. The summed E-state index contributed by atoms with van der Waals surface area (Å²) in [5.41, 5.74) is 1.51. The first-order valence-corrected chi connectivity index (χ1v) is 8.40. The standard InChI is InChI=1S/C17H23N3S/c1-13(16-18-9-10-21-16)20-12-17(2,3)19-11-15(20)14-7-5-4-6-8-14/h4-10,13,15,19H,11-12H2,1-3H3. The summed E-state index contributed by atoms with van der Waals surface area (Å²) >= 11 is 1.75. The van der Waals surface area contributed by atoms with E-state index in [9.17, 15) is 0 Å². The molecule has 0 radical (unpaired) electrons. The van der Waals surface area contributed by atoms with Crippen molar-refractivity contribution >= 4 is 11.3 Å². The van der Waals surface area contributed by atoms with Crippen molar-refractivity contribution in [3.63, 3.8) is 0 Å². The summed E-state index contributed by atoms with van der Waals surface area (Å²) in [5, 5.41) is 6.95. The van der Waals surface area contributed by atoms with Crippen molar-refractivity contribution in [2.45, 2.75) is 38.4 Å². The van der Waals surface area contributed by atoms with E-state index in [0.717, 1.165) is 13.1 Å². The molecule has 3 nitrogen and oxygen atoms in total. The molecule has 1 aliphatic heterocycles. The highest BCUT2D eigenvalue weighted by molar-refractivity contribution is 7.09. The lowest BCUT2D eigenvalue weighted by molar-refractivity contribution is 0.0594. The summed E-state index contributed by atoms with van der Waals surface area (Å²) in [4.78, 5) is 7.11. The molecular formula is C17H23N3S. The van der Waals surface area contributed by atoms with Gasteiger partial charge in [-0.05, 0) is 26.3 Å². The van der Waals surface area contributed by atoms with Crippen LogP contribution >= 0.6 is 11.3 Å². The number of rotatable bonds is 3. The monoisotopic (exact) mass is 301 g/mol. The Morgan fingerprint density at radius 1 is 1.33 bits per heavy atom. The zero-order chi connectivity index (χ0) is 14.9.